The van der Waals surface area contributed by atoms with Crippen molar-refractivity contribution in [3.63, 3.8) is 0 Å². The highest BCUT2D eigenvalue weighted by Crippen LogP contribution is 2.38. The summed E-state index contributed by atoms with van der Waals surface area (Å²) in [7, 11) is 3.14. The van der Waals surface area contributed by atoms with E-state index in [0.29, 0.717) is 21.5 Å². The first kappa shape index (κ1) is 15.1. The van der Waals surface area contributed by atoms with Gasteiger partial charge in [-0.2, -0.15) is 0 Å². The van der Waals surface area contributed by atoms with E-state index in [1.807, 2.05) is 6.07 Å². The highest BCUT2D eigenvalue weighted by molar-refractivity contribution is 9.10. The first-order valence-electron chi connectivity index (χ1n) is 5.87. The first-order valence-corrected chi connectivity index (χ1v) is 7.10. The second kappa shape index (κ2) is 6.46. The Balaban J connectivity index is 2.44. The summed E-state index contributed by atoms with van der Waals surface area (Å²) >= 11 is 9.71. The van der Waals surface area contributed by atoms with E-state index in [2.05, 4.69) is 15.9 Å². The molecule has 2 aromatic rings. The molecule has 0 amide bonds. The van der Waals surface area contributed by atoms with E-state index in [1.54, 1.807) is 32.4 Å². The van der Waals surface area contributed by atoms with Crippen molar-refractivity contribution in [2.75, 3.05) is 14.2 Å². The van der Waals surface area contributed by atoms with Crippen molar-refractivity contribution in [1.29, 1.82) is 0 Å². The maximum atomic E-state index is 13.5. The lowest BCUT2D eigenvalue weighted by Crippen LogP contribution is -1.99. The van der Waals surface area contributed by atoms with Crippen molar-refractivity contribution in [2.24, 2.45) is 0 Å². The molecule has 5 heteroatoms. The highest BCUT2D eigenvalue weighted by Gasteiger charge is 2.17. The van der Waals surface area contributed by atoms with Gasteiger partial charge in [-0.15, -0.1) is 11.6 Å². The van der Waals surface area contributed by atoms with E-state index in [9.17, 15) is 4.39 Å². The van der Waals surface area contributed by atoms with Gasteiger partial charge < -0.3 is 9.47 Å². The van der Waals surface area contributed by atoms with Gasteiger partial charge in [0.15, 0.2) is 0 Å². The lowest BCUT2D eigenvalue weighted by atomic mass is 10.0. The normalized spacial score (nSPS) is 12.1. The van der Waals surface area contributed by atoms with Gasteiger partial charge in [-0.25, -0.2) is 4.39 Å². The third-order valence-corrected chi connectivity index (χ3v) is 3.84. The number of ether oxygens (including phenoxy) is 2. The summed E-state index contributed by atoms with van der Waals surface area (Å²) in [5.41, 5.74) is 1.41. The topological polar surface area (TPSA) is 18.5 Å². The molecule has 0 saturated heterocycles. The lowest BCUT2D eigenvalue weighted by molar-refractivity contribution is 0.391. The summed E-state index contributed by atoms with van der Waals surface area (Å²) in [5, 5.41) is -0.511. The lowest BCUT2D eigenvalue weighted by Gasteiger charge is -2.16. The molecule has 0 spiro atoms. The van der Waals surface area contributed by atoms with Gasteiger partial charge >= 0.3 is 0 Å². The minimum atomic E-state index is -0.511. The van der Waals surface area contributed by atoms with Gasteiger partial charge in [0.25, 0.3) is 0 Å². The third kappa shape index (κ3) is 3.25. The van der Waals surface area contributed by atoms with Crippen LogP contribution in [0.2, 0.25) is 0 Å². The molecule has 0 aliphatic carbocycles. The number of benzene rings is 2. The Bertz CT molecular complexity index is 599. The fourth-order valence-electron chi connectivity index (χ4n) is 1.93. The van der Waals surface area contributed by atoms with Crippen LogP contribution in [-0.4, -0.2) is 14.2 Å². The number of methoxy groups -OCH3 is 2. The van der Waals surface area contributed by atoms with Crippen LogP contribution in [0.5, 0.6) is 11.5 Å². The second-order valence-electron chi connectivity index (χ2n) is 4.17. The van der Waals surface area contributed by atoms with Crippen molar-refractivity contribution in [1.82, 2.24) is 0 Å². The summed E-state index contributed by atoms with van der Waals surface area (Å²) in [6.45, 7) is 0. The van der Waals surface area contributed by atoms with E-state index in [1.165, 1.54) is 12.1 Å². The van der Waals surface area contributed by atoms with Crippen LogP contribution < -0.4 is 9.47 Å². The fraction of sp³-hybridized carbons (Fsp3) is 0.200. The molecule has 0 heterocycles. The zero-order valence-electron chi connectivity index (χ0n) is 11.0. The standard InChI is InChI=1S/C15H13BrClFO2/c1-19-12-3-4-13(14(8-12)20-2)15(17)9-5-10(16)7-11(18)6-9/h3-8,15H,1-2H3. The van der Waals surface area contributed by atoms with Gasteiger partial charge in [-0.3, -0.25) is 0 Å². The highest BCUT2D eigenvalue weighted by atomic mass is 79.9. The second-order valence-corrected chi connectivity index (χ2v) is 5.53. The maximum absolute atomic E-state index is 13.5. The van der Waals surface area contributed by atoms with Crippen molar-refractivity contribution in [2.45, 2.75) is 5.38 Å². The van der Waals surface area contributed by atoms with Crippen LogP contribution in [0.25, 0.3) is 0 Å². The summed E-state index contributed by atoms with van der Waals surface area (Å²) in [6, 6.07) is 9.93. The number of halogens is 3. The van der Waals surface area contributed by atoms with Crippen LogP contribution in [0.15, 0.2) is 40.9 Å². The quantitative estimate of drug-likeness (QED) is 0.720. The van der Waals surface area contributed by atoms with Crippen LogP contribution in [0.3, 0.4) is 0 Å². The van der Waals surface area contributed by atoms with Crippen LogP contribution in [0.1, 0.15) is 16.5 Å². The molecule has 2 nitrogen and oxygen atoms in total. The van der Waals surface area contributed by atoms with Crippen molar-refractivity contribution in [3.8, 4) is 11.5 Å². The van der Waals surface area contributed by atoms with Gasteiger partial charge in [0, 0.05) is 16.1 Å². The summed E-state index contributed by atoms with van der Waals surface area (Å²) < 4.78 is 24.6. The van der Waals surface area contributed by atoms with Crippen LogP contribution in [-0.2, 0) is 0 Å². The Hall–Kier alpha value is -1.26. The van der Waals surface area contributed by atoms with Crippen molar-refractivity contribution < 1.29 is 13.9 Å². The SMILES string of the molecule is COc1ccc(C(Cl)c2cc(F)cc(Br)c2)c(OC)c1. The number of rotatable bonds is 4. The van der Waals surface area contributed by atoms with Crippen LogP contribution >= 0.6 is 27.5 Å². The summed E-state index contributed by atoms with van der Waals surface area (Å²) in [5.74, 6) is 0.937. The molecule has 106 valence electrons. The van der Waals surface area contributed by atoms with E-state index in [-0.39, 0.29) is 5.82 Å². The third-order valence-electron chi connectivity index (χ3n) is 2.89. The molecule has 0 radical (unpaired) electrons. The zero-order valence-corrected chi connectivity index (χ0v) is 13.3. The molecule has 1 unspecified atom stereocenters. The molecule has 0 N–H and O–H groups in total. The zero-order chi connectivity index (χ0) is 14.7. The van der Waals surface area contributed by atoms with E-state index in [0.717, 1.165) is 5.56 Å². The Morgan fingerprint density at radius 1 is 1.10 bits per heavy atom. The summed E-state index contributed by atoms with van der Waals surface area (Å²) in [6.07, 6.45) is 0. The molecule has 0 bridgehead atoms. The number of hydrogen-bond donors (Lipinski definition) is 0. The predicted octanol–water partition coefficient (Wildman–Crippen LogP) is 4.93. The Kier molecular flexibility index (Phi) is 4.89. The minimum absolute atomic E-state index is 0.340. The molecule has 0 saturated carbocycles. The first-order chi connectivity index (χ1) is 9.55. The van der Waals surface area contributed by atoms with Gasteiger partial charge in [0.1, 0.15) is 17.3 Å². The molecule has 2 aromatic carbocycles. The average molecular weight is 360 g/mol. The monoisotopic (exact) mass is 358 g/mol. The smallest absolute Gasteiger partial charge is 0.127 e. The summed E-state index contributed by atoms with van der Waals surface area (Å²) in [4.78, 5) is 0. The van der Waals surface area contributed by atoms with Gasteiger partial charge in [-0.05, 0) is 35.9 Å². The number of hydrogen-bond acceptors (Lipinski definition) is 2. The minimum Gasteiger partial charge on any atom is -0.497 e. The molecule has 0 aliphatic heterocycles. The van der Waals surface area contributed by atoms with Gasteiger partial charge in [0.05, 0.1) is 19.6 Å². The molecule has 0 aliphatic rings. The Labute approximate surface area is 130 Å². The van der Waals surface area contributed by atoms with E-state index in [4.69, 9.17) is 21.1 Å². The van der Waals surface area contributed by atoms with Crippen LogP contribution in [0.4, 0.5) is 4.39 Å². The Morgan fingerprint density at radius 3 is 2.45 bits per heavy atom. The van der Waals surface area contributed by atoms with Crippen LogP contribution in [0, 0.1) is 5.82 Å². The molecular weight excluding hydrogens is 347 g/mol. The van der Waals surface area contributed by atoms with Gasteiger partial charge in [0.2, 0.25) is 0 Å². The molecule has 20 heavy (non-hydrogen) atoms. The van der Waals surface area contributed by atoms with Gasteiger partial charge in [-0.1, -0.05) is 15.9 Å². The van der Waals surface area contributed by atoms with Crippen molar-refractivity contribution in [3.05, 3.63) is 57.8 Å². The molecule has 1 atom stereocenters. The fourth-order valence-corrected chi connectivity index (χ4v) is 2.72. The molecule has 2 rings (SSSR count). The molecular formula is C15H13BrClFO2. The molecule has 0 fully saturated rings. The molecule has 0 aromatic heterocycles. The Morgan fingerprint density at radius 2 is 1.85 bits per heavy atom. The predicted molar refractivity (Wildman–Crippen MR) is 81.3 cm³/mol. The largest absolute Gasteiger partial charge is 0.497 e. The van der Waals surface area contributed by atoms with E-state index < -0.39 is 5.38 Å². The van der Waals surface area contributed by atoms with Crippen molar-refractivity contribution >= 4 is 27.5 Å². The van der Waals surface area contributed by atoms with E-state index >= 15 is 0 Å². The average Bonchev–Trinajstić information content (AvgIpc) is 2.44. The number of alkyl halides is 1. The maximum Gasteiger partial charge on any atom is 0.127 e.